The second-order valence-corrected chi connectivity index (χ2v) is 12.4. The molecular weight excluding hydrogens is 608 g/mol. The molecule has 0 bridgehead atoms. The minimum atomic E-state index is -0.332. The summed E-state index contributed by atoms with van der Waals surface area (Å²) < 4.78 is 25.0. The number of fused-ring (bicyclic) bond motifs is 4. The number of hydrogen-bond donors (Lipinski definition) is 0. The van der Waals surface area contributed by atoms with E-state index in [0.29, 0.717) is 38.2 Å². The number of halogens is 1. The fourth-order valence-corrected chi connectivity index (χ4v) is 7.47. The average Bonchev–Trinajstić information content (AvgIpc) is 3.66. The molecular formula is C36H27ClN2O5S. The molecule has 2 aliphatic heterocycles. The normalized spacial score (nSPS) is 16.5. The van der Waals surface area contributed by atoms with Crippen molar-refractivity contribution in [1.29, 1.82) is 0 Å². The molecule has 5 aromatic rings. The van der Waals surface area contributed by atoms with Gasteiger partial charge in [0, 0.05) is 10.6 Å². The van der Waals surface area contributed by atoms with Crippen LogP contribution in [0.3, 0.4) is 0 Å². The van der Waals surface area contributed by atoms with Gasteiger partial charge in [0.2, 0.25) is 6.79 Å². The molecule has 1 unspecified atom stereocenters. The van der Waals surface area contributed by atoms with Crippen LogP contribution < -0.4 is 33.8 Å². The molecule has 0 amide bonds. The first-order valence-corrected chi connectivity index (χ1v) is 15.8. The van der Waals surface area contributed by atoms with Gasteiger partial charge in [-0.05, 0) is 77.1 Å². The van der Waals surface area contributed by atoms with Crippen LogP contribution >= 0.6 is 22.9 Å². The van der Waals surface area contributed by atoms with Crippen LogP contribution in [0.25, 0.3) is 11.8 Å². The van der Waals surface area contributed by atoms with Gasteiger partial charge < -0.3 is 18.9 Å². The Morgan fingerprint density at radius 2 is 1.82 bits per heavy atom. The van der Waals surface area contributed by atoms with Crippen LogP contribution in [-0.4, -0.2) is 18.5 Å². The van der Waals surface area contributed by atoms with Crippen LogP contribution in [0.15, 0.2) is 100 Å². The van der Waals surface area contributed by atoms with Gasteiger partial charge in [0.25, 0.3) is 5.56 Å². The fourth-order valence-electron chi connectivity index (χ4n) is 6.23. The molecule has 45 heavy (non-hydrogen) atoms. The van der Waals surface area contributed by atoms with Crippen molar-refractivity contribution < 1.29 is 18.9 Å². The van der Waals surface area contributed by atoms with Crippen LogP contribution in [0, 0.1) is 0 Å². The smallest absolute Gasteiger partial charge is 0.271 e. The number of nitrogens with zero attached hydrogens (tertiary/aromatic N) is 2. The van der Waals surface area contributed by atoms with Gasteiger partial charge in [-0.3, -0.25) is 9.36 Å². The highest BCUT2D eigenvalue weighted by Gasteiger charge is 2.33. The summed E-state index contributed by atoms with van der Waals surface area (Å²) in [6.45, 7) is 0.560. The minimum Gasteiger partial charge on any atom is -0.493 e. The molecule has 1 aromatic heterocycles. The quantitative estimate of drug-likeness (QED) is 0.220. The molecule has 0 spiro atoms. The third-order valence-electron chi connectivity index (χ3n) is 8.39. The maximum atomic E-state index is 14.1. The van der Waals surface area contributed by atoms with Crippen molar-refractivity contribution in [3.05, 3.63) is 143 Å². The number of allylic oxidation sites excluding steroid dienone is 1. The molecule has 3 aliphatic rings. The number of ether oxygens (including phenoxy) is 4. The molecule has 4 aromatic carbocycles. The Morgan fingerprint density at radius 3 is 2.71 bits per heavy atom. The molecule has 0 saturated carbocycles. The summed E-state index contributed by atoms with van der Waals surface area (Å²) in [5.41, 5.74) is 7.02. The van der Waals surface area contributed by atoms with E-state index in [0.717, 1.165) is 52.1 Å². The zero-order valence-electron chi connectivity index (χ0n) is 24.3. The van der Waals surface area contributed by atoms with Crippen molar-refractivity contribution in [2.24, 2.45) is 4.99 Å². The summed E-state index contributed by atoms with van der Waals surface area (Å²) in [4.78, 5) is 19.9. The second-order valence-electron chi connectivity index (χ2n) is 11.0. The van der Waals surface area contributed by atoms with E-state index < -0.39 is 0 Å². The topological polar surface area (TPSA) is 71.3 Å². The first kappa shape index (κ1) is 27.7. The molecule has 0 radical (unpaired) electrons. The molecule has 0 N–H and O–H groups in total. The van der Waals surface area contributed by atoms with Crippen LogP contribution in [0.4, 0.5) is 0 Å². The van der Waals surface area contributed by atoms with Gasteiger partial charge in [0.1, 0.15) is 6.61 Å². The van der Waals surface area contributed by atoms with Crippen molar-refractivity contribution in [1.82, 2.24) is 4.57 Å². The number of thiazole rings is 1. The highest BCUT2D eigenvalue weighted by Crippen LogP contribution is 2.42. The predicted molar refractivity (Wildman–Crippen MR) is 174 cm³/mol. The van der Waals surface area contributed by atoms with E-state index in [2.05, 4.69) is 18.2 Å². The van der Waals surface area contributed by atoms with Crippen LogP contribution in [0.2, 0.25) is 5.02 Å². The average molecular weight is 635 g/mol. The van der Waals surface area contributed by atoms with Crippen LogP contribution in [-0.2, 0) is 13.0 Å². The fraction of sp³-hybridized carbons (Fsp3) is 0.167. The highest BCUT2D eigenvalue weighted by molar-refractivity contribution is 7.07. The number of benzene rings is 4. The lowest BCUT2D eigenvalue weighted by atomic mass is 9.83. The summed E-state index contributed by atoms with van der Waals surface area (Å²) in [7, 11) is 1.60. The molecule has 1 aliphatic carbocycles. The van der Waals surface area contributed by atoms with Crippen LogP contribution in [0.5, 0.6) is 23.0 Å². The Balaban J connectivity index is 1.18. The molecule has 1 atom stereocenters. The van der Waals surface area contributed by atoms with Gasteiger partial charge in [-0.2, -0.15) is 0 Å². The van der Waals surface area contributed by atoms with Gasteiger partial charge in [0.05, 0.1) is 23.4 Å². The van der Waals surface area contributed by atoms with Crippen molar-refractivity contribution in [2.45, 2.75) is 25.5 Å². The first-order chi connectivity index (χ1) is 22.1. The van der Waals surface area contributed by atoms with Crippen molar-refractivity contribution in [3.8, 4) is 23.0 Å². The number of aromatic nitrogens is 1. The Bertz CT molecular complexity index is 2200. The SMILES string of the molecule is COc1cc(C=c2sc3n(c2=O)C(c2ccccc2Cl)C2=C(N=3)c3ccccc3CC2)ccc1OCc1ccc2c(c1)OCO2. The Hall–Kier alpha value is -4.79. The number of hydrogen-bond acceptors (Lipinski definition) is 7. The summed E-state index contributed by atoms with van der Waals surface area (Å²) in [6, 6.07) is 27.2. The highest BCUT2D eigenvalue weighted by atomic mass is 35.5. The van der Waals surface area contributed by atoms with E-state index in [1.54, 1.807) is 7.11 Å². The molecule has 3 heterocycles. The zero-order valence-corrected chi connectivity index (χ0v) is 25.9. The standard InChI is InChI=1S/C36H27ClN2O5S/c1-41-30-16-21(10-14-28(30)42-19-22-11-15-29-31(17-22)44-20-43-29)18-32-35(40)39-34(25-8-4-5-9-27(25)37)26-13-12-23-6-2-3-7-24(23)33(26)38-36(39)45-32/h2-11,14-18,34H,12-13,19-20H2,1H3. The third kappa shape index (κ3) is 4.90. The largest absolute Gasteiger partial charge is 0.493 e. The minimum absolute atomic E-state index is 0.101. The van der Waals surface area contributed by atoms with Gasteiger partial charge in [-0.25, -0.2) is 4.99 Å². The maximum absolute atomic E-state index is 14.1. The molecule has 0 fully saturated rings. The predicted octanol–water partition coefficient (Wildman–Crippen LogP) is 6.29. The first-order valence-electron chi connectivity index (χ1n) is 14.6. The Labute approximate surface area is 267 Å². The van der Waals surface area contributed by atoms with E-state index >= 15 is 0 Å². The van der Waals surface area contributed by atoms with Gasteiger partial charge >= 0.3 is 0 Å². The van der Waals surface area contributed by atoms with E-state index in [4.69, 9.17) is 35.5 Å². The summed E-state index contributed by atoms with van der Waals surface area (Å²) in [6.07, 6.45) is 3.58. The van der Waals surface area contributed by atoms with Gasteiger partial charge in [0.15, 0.2) is 27.8 Å². The molecule has 9 heteroatoms. The monoisotopic (exact) mass is 634 g/mol. The summed E-state index contributed by atoms with van der Waals surface area (Å²) in [5, 5.41) is 0.630. The number of aryl methyl sites for hydroxylation is 1. The van der Waals surface area contributed by atoms with E-state index in [1.165, 1.54) is 16.9 Å². The molecule has 8 rings (SSSR count). The molecule has 224 valence electrons. The second kappa shape index (κ2) is 11.3. The molecule has 7 nitrogen and oxygen atoms in total. The van der Waals surface area contributed by atoms with Gasteiger partial charge in [-0.15, -0.1) is 0 Å². The zero-order chi connectivity index (χ0) is 30.5. The van der Waals surface area contributed by atoms with Crippen LogP contribution in [0.1, 0.15) is 40.3 Å². The van der Waals surface area contributed by atoms with Crippen molar-refractivity contribution >= 4 is 34.7 Å². The van der Waals surface area contributed by atoms with E-state index in [-0.39, 0.29) is 18.4 Å². The van der Waals surface area contributed by atoms with Gasteiger partial charge in [-0.1, -0.05) is 77.5 Å². The molecule has 0 saturated heterocycles. The lowest BCUT2D eigenvalue weighted by Gasteiger charge is -2.31. The van der Waals surface area contributed by atoms with Crippen molar-refractivity contribution in [3.63, 3.8) is 0 Å². The number of rotatable bonds is 6. The Morgan fingerprint density at radius 1 is 0.978 bits per heavy atom. The number of methoxy groups -OCH3 is 1. The lowest BCUT2D eigenvalue weighted by molar-refractivity contribution is 0.174. The lowest BCUT2D eigenvalue weighted by Crippen LogP contribution is -2.38. The van der Waals surface area contributed by atoms with Crippen molar-refractivity contribution in [2.75, 3.05) is 13.9 Å². The summed E-state index contributed by atoms with van der Waals surface area (Å²) >= 11 is 8.15. The van der Waals surface area contributed by atoms with E-state index in [1.807, 2.05) is 77.4 Å². The summed E-state index contributed by atoms with van der Waals surface area (Å²) in [5.74, 6) is 2.60. The maximum Gasteiger partial charge on any atom is 0.271 e. The third-order valence-corrected chi connectivity index (χ3v) is 9.72. The van der Waals surface area contributed by atoms with E-state index in [9.17, 15) is 4.79 Å². The Kier molecular flexibility index (Phi) is 6.96.